The van der Waals surface area contributed by atoms with Gasteiger partial charge in [-0.25, -0.2) is 0 Å². The van der Waals surface area contributed by atoms with Gasteiger partial charge < -0.3 is 10.1 Å². The van der Waals surface area contributed by atoms with Gasteiger partial charge in [-0.15, -0.1) is 11.8 Å². The minimum atomic E-state index is -0.381. The van der Waals surface area contributed by atoms with Crippen molar-refractivity contribution in [3.05, 3.63) is 65.7 Å². The second kappa shape index (κ2) is 8.72. The Balaban J connectivity index is 1.43. The Morgan fingerprint density at radius 1 is 1.08 bits per heavy atom. The van der Waals surface area contributed by atoms with Crippen LogP contribution in [0.3, 0.4) is 0 Å². The molecule has 1 N–H and O–H groups in total. The Bertz CT molecular complexity index is 733. The summed E-state index contributed by atoms with van der Waals surface area (Å²) in [7, 11) is 0. The molecule has 0 aliphatic heterocycles. The van der Waals surface area contributed by atoms with Gasteiger partial charge in [-0.2, -0.15) is 0 Å². The molecule has 2 aromatic carbocycles. The topological polar surface area (TPSA) is 55.4 Å². The predicted octanol–water partition coefficient (Wildman–Crippen LogP) is 3.52. The summed E-state index contributed by atoms with van der Waals surface area (Å²) in [6.45, 7) is -0.229. The highest BCUT2D eigenvalue weighted by atomic mass is 32.2. The van der Waals surface area contributed by atoms with Gasteiger partial charge in [0, 0.05) is 4.90 Å². The molecule has 0 fully saturated rings. The lowest BCUT2D eigenvalue weighted by molar-refractivity contribution is -0.146. The molecule has 1 aliphatic carbocycles. The summed E-state index contributed by atoms with van der Waals surface area (Å²) in [5, 5.41) is 2.98. The van der Waals surface area contributed by atoms with Crippen molar-refractivity contribution < 1.29 is 14.3 Å². The highest BCUT2D eigenvalue weighted by Gasteiger charge is 2.21. The molecule has 3 rings (SSSR count). The number of aryl methyl sites for hydroxylation is 1. The van der Waals surface area contributed by atoms with Crippen LogP contribution in [0.5, 0.6) is 0 Å². The lowest BCUT2D eigenvalue weighted by atomic mass is 9.88. The van der Waals surface area contributed by atoms with Crippen molar-refractivity contribution in [3.63, 3.8) is 0 Å². The lowest BCUT2D eigenvalue weighted by Crippen LogP contribution is -2.34. The van der Waals surface area contributed by atoms with E-state index in [-0.39, 0.29) is 30.3 Å². The number of nitrogens with one attached hydrogen (secondary N) is 1. The fraction of sp³-hybridized carbons (Fsp3) is 0.300. The second-order valence-electron chi connectivity index (χ2n) is 5.97. The van der Waals surface area contributed by atoms with Crippen LogP contribution in [-0.4, -0.2) is 24.2 Å². The molecule has 0 unspecified atom stereocenters. The maximum Gasteiger partial charge on any atom is 0.316 e. The van der Waals surface area contributed by atoms with Crippen LogP contribution in [0.2, 0.25) is 0 Å². The van der Waals surface area contributed by atoms with Crippen molar-refractivity contribution in [2.45, 2.75) is 30.2 Å². The first-order chi connectivity index (χ1) is 12.2. The summed E-state index contributed by atoms with van der Waals surface area (Å²) in [5.41, 5.74) is 2.46. The van der Waals surface area contributed by atoms with Gasteiger partial charge >= 0.3 is 5.97 Å². The van der Waals surface area contributed by atoms with Gasteiger partial charge in [0.1, 0.15) is 0 Å². The van der Waals surface area contributed by atoms with Crippen LogP contribution < -0.4 is 5.32 Å². The van der Waals surface area contributed by atoms with Gasteiger partial charge in [0.15, 0.2) is 6.61 Å². The molecule has 0 aromatic heterocycles. The van der Waals surface area contributed by atoms with E-state index in [9.17, 15) is 9.59 Å². The minimum Gasteiger partial charge on any atom is -0.455 e. The van der Waals surface area contributed by atoms with Gasteiger partial charge in [0.25, 0.3) is 5.91 Å². The van der Waals surface area contributed by atoms with E-state index in [2.05, 4.69) is 17.4 Å². The molecule has 2 aromatic rings. The molecule has 0 saturated carbocycles. The first-order valence-electron chi connectivity index (χ1n) is 8.43. The number of carbonyl (C=O) groups is 2. The zero-order chi connectivity index (χ0) is 17.5. The van der Waals surface area contributed by atoms with Crippen LogP contribution >= 0.6 is 11.8 Å². The van der Waals surface area contributed by atoms with Crippen molar-refractivity contribution in [2.24, 2.45) is 0 Å². The van der Waals surface area contributed by atoms with Crippen molar-refractivity contribution >= 4 is 23.6 Å². The maximum absolute atomic E-state index is 12.1. The third-order valence-corrected chi connectivity index (χ3v) is 5.15. The van der Waals surface area contributed by atoms with Crippen LogP contribution in [0, 0.1) is 0 Å². The summed E-state index contributed by atoms with van der Waals surface area (Å²) in [5.74, 6) is -0.434. The molecular formula is C20H21NO3S. The highest BCUT2D eigenvalue weighted by Crippen LogP contribution is 2.29. The molecule has 1 aliphatic rings. The molecular weight excluding hydrogens is 334 g/mol. The Morgan fingerprint density at radius 3 is 2.68 bits per heavy atom. The number of thioether (sulfide) groups is 1. The summed E-state index contributed by atoms with van der Waals surface area (Å²) in [6.07, 6.45) is 3.02. The third kappa shape index (κ3) is 5.10. The molecule has 1 atom stereocenters. The number of amides is 1. The Morgan fingerprint density at radius 2 is 1.84 bits per heavy atom. The second-order valence-corrected chi connectivity index (χ2v) is 7.02. The van der Waals surface area contributed by atoms with E-state index < -0.39 is 0 Å². The number of fused-ring (bicyclic) bond motifs is 1. The molecule has 1 amide bonds. The predicted molar refractivity (Wildman–Crippen MR) is 98.4 cm³/mol. The number of ether oxygens (including phenoxy) is 1. The SMILES string of the molecule is O=C(COC(=O)CSc1ccccc1)N[C@H]1CCCc2ccccc21. The van der Waals surface area contributed by atoms with E-state index in [1.165, 1.54) is 22.9 Å². The van der Waals surface area contributed by atoms with E-state index in [1.807, 2.05) is 42.5 Å². The lowest BCUT2D eigenvalue weighted by Gasteiger charge is -2.26. The first kappa shape index (κ1) is 17.5. The maximum atomic E-state index is 12.1. The number of esters is 1. The number of carbonyl (C=O) groups excluding carboxylic acids is 2. The van der Waals surface area contributed by atoms with Crippen molar-refractivity contribution in [1.82, 2.24) is 5.32 Å². The molecule has 0 spiro atoms. The molecule has 25 heavy (non-hydrogen) atoms. The van der Waals surface area contributed by atoms with Gasteiger partial charge in [-0.05, 0) is 42.5 Å². The number of rotatable bonds is 6. The zero-order valence-corrected chi connectivity index (χ0v) is 14.8. The Kier molecular flexibility index (Phi) is 6.12. The summed E-state index contributed by atoms with van der Waals surface area (Å²) in [4.78, 5) is 24.9. The fourth-order valence-corrected chi connectivity index (χ4v) is 3.70. The van der Waals surface area contributed by atoms with E-state index >= 15 is 0 Å². The van der Waals surface area contributed by atoms with E-state index in [4.69, 9.17) is 4.74 Å². The van der Waals surface area contributed by atoms with Crippen LogP contribution in [0.4, 0.5) is 0 Å². The molecule has 0 radical (unpaired) electrons. The van der Waals surface area contributed by atoms with Crippen molar-refractivity contribution in [3.8, 4) is 0 Å². The molecule has 5 heteroatoms. The summed E-state index contributed by atoms with van der Waals surface area (Å²) in [6, 6.07) is 17.8. The molecule has 130 valence electrons. The van der Waals surface area contributed by atoms with Crippen LogP contribution in [0.1, 0.15) is 30.0 Å². The largest absolute Gasteiger partial charge is 0.455 e. The standard InChI is InChI=1S/C20H21NO3S/c22-19(13-24-20(23)14-25-16-9-2-1-3-10-16)21-18-12-6-8-15-7-4-5-11-17(15)18/h1-5,7,9-11,18H,6,8,12-14H2,(H,21,22)/t18-/m0/s1. The van der Waals surface area contributed by atoms with Crippen molar-refractivity contribution in [2.75, 3.05) is 12.4 Å². The Hall–Kier alpha value is -2.27. The van der Waals surface area contributed by atoms with Crippen molar-refractivity contribution in [1.29, 1.82) is 0 Å². The zero-order valence-electron chi connectivity index (χ0n) is 13.9. The Labute approximate surface area is 152 Å². The van der Waals surface area contributed by atoms with Gasteiger partial charge in [0.2, 0.25) is 0 Å². The molecule has 4 nitrogen and oxygen atoms in total. The fourth-order valence-electron chi connectivity index (χ4n) is 2.99. The van der Waals surface area contributed by atoms with Crippen LogP contribution in [0.25, 0.3) is 0 Å². The normalized spacial score (nSPS) is 15.9. The smallest absolute Gasteiger partial charge is 0.316 e. The van der Waals surface area contributed by atoms with E-state index in [1.54, 1.807) is 0 Å². The average molecular weight is 355 g/mol. The number of hydrogen-bond donors (Lipinski definition) is 1. The van der Waals surface area contributed by atoms with Gasteiger partial charge in [-0.1, -0.05) is 42.5 Å². The number of benzene rings is 2. The quantitative estimate of drug-likeness (QED) is 0.636. The summed E-state index contributed by atoms with van der Waals surface area (Å²) < 4.78 is 5.08. The summed E-state index contributed by atoms with van der Waals surface area (Å²) >= 11 is 1.40. The first-order valence-corrected chi connectivity index (χ1v) is 9.41. The van der Waals surface area contributed by atoms with E-state index in [0.29, 0.717) is 0 Å². The van der Waals surface area contributed by atoms with Gasteiger partial charge in [0.05, 0.1) is 11.8 Å². The molecule has 0 heterocycles. The molecule has 0 bridgehead atoms. The monoisotopic (exact) mass is 355 g/mol. The van der Waals surface area contributed by atoms with Crippen LogP contribution in [-0.2, 0) is 20.7 Å². The minimum absolute atomic E-state index is 0.00912. The highest BCUT2D eigenvalue weighted by molar-refractivity contribution is 8.00. The molecule has 0 saturated heterocycles. The number of hydrogen-bond acceptors (Lipinski definition) is 4. The average Bonchev–Trinajstić information content (AvgIpc) is 2.66. The third-order valence-electron chi connectivity index (χ3n) is 4.17. The van der Waals surface area contributed by atoms with Crippen LogP contribution in [0.15, 0.2) is 59.5 Å². The van der Waals surface area contributed by atoms with Gasteiger partial charge in [-0.3, -0.25) is 9.59 Å². The van der Waals surface area contributed by atoms with E-state index in [0.717, 1.165) is 24.2 Å².